The number of carbonyl (C=O) groups excluding carboxylic acids is 1. The summed E-state index contributed by atoms with van der Waals surface area (Å²) in [6.45, 7) is 2.53. The number of amides is 1. The number of rotatable bonds is 4. The summed E-state index contributed by atoms with van der Waals surface area (Å²) < 4.78 is 2.06. The number of thiophene rings is 1. The zero-order valence-electron chi connectivity index (χ0n) is 12.1. The van der Waals surface area contributed by atoms with Crippen molar-refractivity contribution in [3.05, 3.63) is 52.0 Å². The van der Waals surface area contributed by atoms with Gasteiger partial charge in [-0.3, -0.25) is 4.79 Å². The third kappa shape index (κ3) is 2.97. The van der Waals surface area contributed by atoms with Crippen molar-refractivity contribution in [3.8, 4) is 0 Å². The lowest BCUT2D eigenvalue weighted by atomic mass is 10.2. The normalized spacial score (nSPS) is 11.0. The second-order valence-corrected chi connectivity index (χ2v) is 6.11. The smallest absolute Gasteiger partial charge is 0.225 e. The van der Waals surface area contributed by atoms with Crippen molar-refractivity contribution in [1.82, 2.24) is 14.9 Å². The van der Waals surface area contributed by atoms with E-state index in [4.69, 9.17) is 0 Å². The SMILES string of the molecule is Cc1nc2cc(CNC(=O)Cc3cccs3)ccc2n1C. The van der Waals surface area contributed by atoms with Gasteiger partial charge in [0.2, 0.25) is 5.91 Å². The van der Waals surface area contributed by atoms with Crippen molar-refractivity contribution in [2.45, 2.75) is 19.9 Å². The lowest BCUT2D eigenvalue weighted by molar-refractivity contribution is -0.120. The fourth-order valence-electron chi connectivity index (χ4n) is 2.31. The van der Waals surface area contributed by atoms with E-state index in [1.807, 2.05) is 43.6 Å². The zero-order chi connectivity index (χ0) is 14.8. The molecule has 21 heavy (non-hydrogen) atoms. The molecule has 108 valence electrons. The Kier molecular flexibility index (Phi) is 3.75. The topological polar surface area (TPSA) is 46.9 Å². The van der Waals surface area contributed by atoms with Crippen molar-refractivity contribution >= 4 is 28.3 Å². The Morgan fingerprint density at radius 2 is 2.24 bits per heavy atom. The summed E-state index contributed by atoms with van der Waals surface area (Å²) in [6, 6.07) is 10.1. The molecule has 0 aliphatic heterocycles. The Labute approximate surface area is 127 Å². The summed E-state index contributed by atoms with van der Waals surface area (Å²) in [5.41, 5.74) is 3.15. The van der Waals surface area contributed by atoms with Gasteiger partial charge in [0, 0.05) is 18.5 Å². The highest BCUT2D eigenvalue weighted by Crippen LogP contribution is 2.16. The van der Waals surface area contributed by atoms with Crippen molar-refractivity contribution in [2.75, 3.05) is 0 Å². The monoisotopic (exact) mass is 299 g/mol. The van der Waals surface area contributed by atoms with Gasteiger partial charge in [-0.2, -0.15) is 0 Å². The highest BCUT2D eigenvalue weighted by atomic mass is 32.1. The summed E-state index contributed by atoms with van der Waals surface area (Å²) >= 11 is 1.61. The quantitative estimate of drug-likeness (QED) is 0.805. The highest BCUT2D eigenvalue weighted by molar-refractivity contribution is 7.10. The second kappa shape index (κ2) is 5.69. The van der Waals surface area contributed by atoms with Crippen LogP contribution in [-0.4, -0.2) is 15.5 Å². The minimum atomic E-state index is 0.0507. The largest absolute Gasteiger partial charge is 0.352 e. The molecule has 3 aromatic rings. The molecule has 5 heteroatoms. The van der Waals surface area contributed by atoms with Gasteiger partial charge in [-0.1, -0.05) is 12.1 Å². The van der Waals surface area contributed by atoms with Gasteiger partial charge >= 0.3 is 0 Å². The van der Waals surface area contributed by atoms with Gasteiger partial charge in [0.1, 0.15) is 5.82 Å². The van der Waals surface area contributed by atoms with Crippen molar-refractivity contribution in [3.63, 3.8) is 0 Å². The first-order valence-corrected chi connectivity index (χ1v) is 7.72. The van der Waals surface area contributed by atoms with Crippen molar-refractivity contribution in [1.29, 1.82) is 0 Å². The molecule has 0 bridgehead atoms. The van der Waals surface area contributed by atoms with Gasteiger partial charge in [0.15, 0.2) is 0 Å². The van der Waals surface area contributed by atoms with Crippen LogP contribution >= 0.6 is 11.3 Å². The molecule has 0 aliphatic carbocycles. The summed E-state index contributed by atoms with van der Waals surface area (Å²) in [5.74, 6) is 1.04. The van der Waals surface area contributed by atoms with Gasteiger partial charge in [-0.15, -0.1) is 11.3 Å². The molecule has 2 heterocycles. The summed E-state index contributed by atoms with van der Waals surface area (Å²) in [5, 5.41) is 4.94. The van der Waals surface area contributed by atoms with Crippen LogP contribution in [-0.2, 0) is 24.8 Å². The number of carbonyl (C=O) groups is 1. The molecule has 0 unspecified atom stereocenters. The van der Waals surface area contributed by atoms with E-state index in [9.17, 15) is 4.79 Å². The average molecular weight is 299 g/mol. The second-order valence-electron chi connectivity index (χ2n) is 5.07. The van der Waals surface area contributed by atoms with Crippen LogP contribution in [0.15, 0.2) is 35.7 Å². The Bertz CT molecular complexity index is 774. The van der Waals surface area contributed by atoms with Crippen LogP contribution in [0.25, 0.3) is 11.0 Å². The van der Waals surface area contributed by atoms with Crippen molar-refractivity contribution < 1.29 is 4.79 Å². The lowest BCUT2D eigenvalue weighted by Crippen LogP contribution is -2.24. The lowest BCUT2D eigenvalue weighted by Gasteiger charge is -2.05. The van der Waals surface area contributed by atoms with E-state index < -0.39 is 0 Å². The minimum absolute atomic E-state index is 0.0507. The van der Waals surface area contributed by atoms with Gasteiger partial charge in [0.25, 0.3) is 0 Å². The highest BCUT2D eigenvalue weighted by Gasteiger charge is 2.07. The molecular formula is C16H17N3OS. The molecule has 0 aliphatic rings. The van der Waals surface area contributed by atoms with Crippen LogP contribution in [0.1, 0.15) is 16.3 Å². The molecule has 4 nitrogen and oxygen atoms in total. The Morgan fingerprint density at radius 1 is 1.38 bits per heavy atom. The first-order valence-electron chi connectivity index (χ1n) is 6.84. The molecule has 0 spiro atoms. The fraction of sp³-hybridized carbons (Fsp3) is 0.250. The molecule has 0 saturated heterocycles. The van der Waals surface area contributed by atoms with Crippen LogP contribution in [0.3, 0.4) is 0 Å². The third-order valence-electron chi connectivity index (χ3n) is 3.57. The van der Waals surface area contributed by atoms with E-state index >= 15 is 0 Å². The summed E-state index contributed by atoms with van der Waals surface area (Å²) in [7, 11) is 2.01. The van der Waals surface area contributed by atoms with Crippen LogP contribution < -0.4 is 5.32 Å². The van der Waals surface area contributed by atoms with Gasteiger partial charge < -0.3 is 9.88 Å². The predicted octanol–water partition coefficient (Wildman–Crippen LogP) is 2.80. The maximum absolute atomic E-state index is 11.9. The van der Waals surface area contributed by atoms with E-state index in [0.29, 0.717) is 13.0 Å². The maximum Gasteiger partial charge on any atom is 0.225 e. The summed E-state index contributed by atoms with van der Waals surface area (Å²) in [4.78, 5) is 17.5. The number of aromatic nitrogens is 2. The van der Waals surface area contributed by atoms with E-state index in [1.54, 1.807) is 11.3 Å². The molecule has 3 rings (SSSR count). The van der Waals surface area contributed by atoms with Gasteiger partial charge in [-0.05, 0) is 36.1 Å². The molecule has 0 radical (unpaired) electrons. The van der Waals surface area contributed by atoms with E-state index in [1.165, 1.54) is 0 Å². The number of hydrogen-bond acceptors (Lipinski definition) is 3. The predicted molar refractivity (Wildman–Crippen MR) is 85.3 cm³/mol. The molecule has 0 fully saturated rings. The van der Waals surface area contributed by atoms with Crippen LogP contribution in [0, 0.1) is 6.92 Å². The zero-order valence-corrected chi connectivity index (χ0v) is 12.9. The number of nitrogens with zero attached hydrogens (tertiary/aromatic N) is 2. The van der Waals surface area contributed by atoms with E-state index in [-0.39, 0.29) is 5.91 Å². The Hall–Kier alpha value is -2.14. The number of aryl methyl sites for hydroxylation is 2. The third-order valence-corrected chi connectivity index (χ3v) is 4.45. The fourth-order valence-corrected chi connectivity index (χ4v) is 3.01. The first kappa shape index (κ1) is 13.8. The van der Waals surface area contributed by atoms with E-state index in [0.717, 1.165) is 27.3 Å². The standard InChI is InChI=1S/C16H17N3OS/c1-11-18-14-8-12(5-6-15(14)19(11)2)10-17-16(20)9-13-4-3-7-21-13/h3-8H,9-10H2,1-2H3,(H,17,20). The Morgan fingerprint density at radius 3 is 3.00 bits per heavy atom. The number of benzene rings is 1. The number of fused-ring (bicyclic) bond motifs is 1. The molecule has 1 amide bonds. The molecule has 0 saturated carbocycles. The van der Waals surface area contributed by atoms with Gasteiger partial charge in [-0.25, -0.2) is 4.98 Å². The number of nitrogens with one attached hydrogen (secondary N) is 1. The molecule has 2 aromatic heterocycles. The molecule has 1 N–H and O–H groups in total. The van der Waals surface area contributed by atoms with Gasteiger partial charge in [0.05, 0.1) is 17.5 Å². The van der Waals surface area contributed by atoms with Crippen molar-refractivity contribution in [2.24, 2.45) is 7.05 Å². The van der Waals surface area contributed by atoms with E-state index in [2.05, 4.69) is 20.9 Å². The Balaban J connectivity index is 1.66. The summed E-state index contributed by atoms with van der Waals surface area (Å²) in [6.07, 6.45) is 0.447. The first-order chi connectivity index (χ1) is 10.1. The number of hydrogen-bond donors (Lipinski definition) is 1. The molecular weight excluding hydrogens is 282 g/mol. The number of imidazole rings is 1. The minimum Gasteiger partial charge on any atom is -0.352 e. The maximum atomic E-state index is 11.9. The van der Waals surface area contributed by atoms with Crippen LogP contribution in [0.4, 0.5) is 0 Å². The average Bonchev–Trinajstić information content (AvgIpc) is 3.06. The molecule has 1 aromatic carbocycles. The van der Waals surface area contributed by atoms with Crippen LogP contribution in [0.2, 0.25) is 0 Å². The van der Waals surface area contributed by atoms with Crippen LogP contribution in [0.5, 0.6) is 0 Å². The molecule has 0 atom stereocenters.